The molecule has 0 aliphatic rings. The molecular formula is C15H12N4O4. The molecule has 1 aromatic carbocycles. The van der Waals surface area contributed by atoms with Gasteiger partial charge < -0.3 is 5.11 Å². The topological polar surface area (TPSA) is 111 Å². The second kappa shape index (κ2) is 5.93. The van der Waals surface area contributed by atoms with Crippen LogP contribution < -0.4 is 5.56 Å². The lowest BCUT2D eigenvalue weighted by molar-refractivity contribution is -0.385. The third kappa shape index (κ3) is 2.92. The van der Waals surface area contributed by atoms with Crippen LogP contribution >= 0.6 is 0 Å². The van der Waals surface area contributed by atoms with Crippen LogP contribution in [0.1, 0.15) is 11.7 Å². The van der Waals surface area contributed by atoms with Crippen LogP contribution in [0.4, 0.5) is 5.69 Å². The first-order valence-corrected chi connectivity index (χ1v) is 6.79. The van der Waals surface area contributed by atoms with Crippen LogP contribution in [0.25, 0.3) is 10.9 Å². The Kier molecular flexibility index (Phi) is 3.82. The Morgan fingerprint density at radius 1 is 1.30 bits per heavy atom. The van der Waals surface area contributed by atoms with Crippen LogP contribution in [0, 0.1) is 10.1 Å². The molecule has 0 saturated carbocycles. The average molecular weight is 312 g/mol. The van der Waals surface area contributed by atoms with Crippen LogP contribution in [0.5, 0.6) is 0 Å². The Labute approximate surface area is 129 Å². The summed E-state index contributed by atoms with van der Waals surface area (Å²) in [6.07, 6.45) is 1.91. The van der Waals surface area contributed by atoms with Gasteiger partial charge in [0.15, 0.2) is 0 Å². The van der Waals surface area contributed by atoms with Crippen molar-refractivity contribution in [2.24, 2.45) is 0 Å². The number of aliphatic hydroxyl groups is 1. The highest BCUT2D eigenvalue weighted by atomic mass is 16.6. The molecule has 0 saturated heterocycles. The third-order valence-corrected chi connectivity index (χ3v) is 3.43. The Morgan fingerprint density at radius 3 is 2.91 bits per heavy atom. The lowest BCUT2D eigenvalue weighted by Gasteiger charge is -2.12. The molecule has 23 heavy (non-hydrogen) atoms. The van der Waals surface area contributed by atoms with Crippen LogP contribution in [0.2, 0.25) is 0 Å². The number of aromatic nitrogens is 3. The Hall–Kier alpha value is -3.13. The number of hydrogen-bond acceptors (Lipinski definition) is 6. The van der Waals surface area contributed by atoms with E-state index in [1.807, 2.05) is 0 Å². The number of hydrogen-bond donors (Lipinski definition) is 1. The number of rotatable bonds is 4. The second-order valence-electron chi connectivity index (χ2n) is 4.94. The predicted molar refractivity (Wildman–Crippen MR) is 81.9 cm³/mol. The smallest absolute Gasteiger partial charge is 0.276 e. The lowest BCUT2D eigenvalue weighted by Crippen LogP contribution is -2.26. The van der Waals surface area contributed by atoms with Crippen molar-refractivity contribution in [3.8, 4) is 0 Å². The van der Waals surface area contributed by atoms with Gasteiger partial charge in [-0.1, -0.05) is 12.1 Å². The molecule has 0 amide bonds. The first-order chi connectivity index (χ1) is 11.1. The maximum Gasteiger partial charge on any atom is 0.276 e. The summed E-state index contributed by atoms with van der Waals surface area (Å²) in [4.78, 5) is 26.6. The molecule has 0 aliphatic carbocycles. The first kappa shape index (κ1) is 14.8. The van der Waals surface area contributed by atoms with Crippen LogP contribution in [-0.4, -0.2) is 24.8 Å². The molecule has 0 aliphatic heterocycles. The largest absolute Gasteiger partial charge is 0.386 e. The van der Waals surface area contributed by atoms with Crippen molar-refractivity contribution < 1.29 is 10.0 Å². The molecule has 0 bridgehead atoms. The number of aliphatic hydroxyl groups excluding tert-OH is 1. The molecule has 3 rings (SSSR count). The molecule has 3 aromatic rings. The maximum absolute atomic E-state index is 12.3. The quantitative estimate of drug-likeness (QED) is 0.576. The zero-order valence-electron chi connectivity index (χ0n) is 11.9. The number of nitro benzene ring substituents is 1. The maximum atomic E-state index is 12.3. The van der Waals surface area contributed by atoms with Crippen molar-refractivity contribution >= 4 is 16.6 Å². The van der Waals surface area contributed by atoms with E-state index in [1.54, 1.807) is 24.4 Å². The fourth-order valence-electron chi connectivity index (χ4n) is 2.26. The standard InChI is InChI=1S/C15H12N4O4/c20-14(10-3-1-4-11(7-10)19(22)23)9-18-15(21)12-5-2-6-16-13(12)8-17-18/h1-8,14,20H,9H2. The molecule has 8 nitrogen and oxygen atoms in total. The summed E-state index contributed by atoms with van der Waals surface area (Å²) in [6.45, 7) is -0.106. The average Bonchev–Trinajstić information content (AvgIpc) is 2.57. The normalized spacial score (nSPS) is 12.2. The molecule has 2 heterocycles. The zero-order valence-corrected chi connectivity index (χ0v) is 11.9. The van der Waals surface area contributed by atoms with E-state index in [9.17, 15) is 20.0 Å². The Balaban J connectivity index is 1.93. The fourth-order valence-corrected chi connectivity index (χ4v) is 2.26. The lowest BCUT2D eigenvalue weighted by atomic mass is 10.1. The number of benzene rings is 1. The monoisotopic (exact) mass is 312 g/mol. The van der Waals surface area contributed by atoms with E-state index >= 15 is 0 Å². The molecule has 8 heteroatoms. The van der Waals surface area contributed by atoms with Gasteiger partial charge in [-0.3, -0.25) is 19.9 Å². The van der Waals surface area contributed by atoms with Gasteiger partial charge in [0.1, 0.15) is 0 Å². The minimum absolute atomic E-state index is 0.106. The van der Waals surface area contributed by atoms with Crippen LogP contribution in [-0.2, 0) is 6.54 Å². The summed E-state index contributed by atoms with van der Waals surface area (Å²) >= 11 is 0. The highest BCUT2D eigenvalue weighted by Gasteiger charge is 2.15. The molecule has 116 valence electrons. The van der Waals surface area contributed by atoms with Crippen molar-refractivity contribution in [2.45, 2.75) is 12.6 Å². The van der Waals surface area contributed by atoms with Crippen LogP contribution in [0.15, 0.2) is 53.6 Å². The number of nitrogens with zero attached hydrogens (tertiary/aromatic N) is 4. The van der Waals surface area contributed by atoms with E-state index in [0.29, 0.717) is 16.5 Å². The number of nitro groups is 1. The fraction of sp³-hybridized carbons (Fsp3) is 0.133. The van der Waals surface area contributed by atoms with Gasteiger partial charge in [-0.25, -0.2) is 4.68 Å². The van der Waals surface area contributed by atoms with Crippen molar-refractivity contribution in [3.05, 3.63) is 74.8 Å². The van der Waals surface area contributed by atoms with E-state index in [-0.39, 0.29) is 17.8 Å². The highest BCUT2D eigenvalue weighted by Crippen LogP contribution is 2.20. The van der Waals surface area contributed by atoms with E-state index in [2.05, 4.69) is 10.1 Å². The zero-order chi connectivity index (χ0) is 16.4. The van der Waals surface area contributed by atoms with Crippen molar-refractivity contribution in [3.63, 3.8) is 0 Å². The minimum atomic E-state index is -1.09. The second-order valence-corrected chi connectivity index (χ2v) is 4.94. The van der Waals surface area contributed by atoms with Gasteiger partial charge in [0, 0.05) is 18.3 Å². The van der Waals surface area contributed by atoms with Crippen molar-refractivity contribution in [2.75, 3.05) is 0 Å². The third-order valence-electron chi connectivity index (χ3n) is 3.43. The molecule has 0 radical (unpaired) electrons. The van der Waals surface area contributed by atoms with Gasteiger partial charge in [0.2, 0.25) is 0 Å². The summed E-state index contributed by atoms with van der Waals surface area (Å²) in [5, 5.41) is 25.4. The van der Waals surface area contributed by atoms with Crippen molar-refractivity contribution in [1.29, 1.82) is 0 Å². The van der Waals surface area contributed by atoms with E-state index < -0.39 is 11.0 Å². The SMILES string of the molecule is O=c1c2cccnc2cnn1CC(O)c1cccc([N+](=O)[O-])c1. The van der Waals surface area contributed by atoms with E-state index in [0.717, 1.165) is 4.68 Å². The van der Waals surface area contributed by atoms with Crippen molar-refractivity contribution in [1.82, 2.24) is 14.8 Å². The molecule has 1 unspecified atom stereocenters. The van der Waals surface area contributed by atoms with Gasteiger partial charge in [-0.2, -0.15) is 5.10 Å². The van der Waals surface area contributed by atoms with Crippen LogP contribution in [0.3, 0.4) is 0 Å². The van der Waals surface area contributed by atoms with Gasteiger partial charge in [0.25, 0.3) is 11.2 Å². The molecule has 1 atom stereocenters. The van der Waals surface area contributed by atoms with E-state index in [1.165, 1.54) is 24.4 Å². The van der Waals surface area contributed by atoms with Gasteiger partial charge in [-0.05, 0) is 17.7 Å². The summed E-state index contributed by atoms with van der Waals surface area (Å²) in [6, 6.07) is 8.93. The Morgan fingerprint density at radius 2 is 2.13 bits per heavy atom. The number of non-ortho nitro benzene ring substituents is 1. The summed E-state index contributed by atoms with van der Waals surface area (Å²) in [7, 11) is 0. The molecular weight excluding hydrogens is 300 g/mol. The number of fused-ring (bicyclic) bond motifs is 1. The minimum Gasteiger partial charge on any atom is -0.386 e. The molecule has 0 spiro atoms. The predicted octanol–water partition coefficient (Wildman–Crippen LogP) is 1.43. The van der Waals surface area contributed by atoms with Gasteiger partial charge >= 0.3 is 0 Å². The summed E-state index contributed by atoms with van der Waals surface area (Å²) in [5.41, 5.74) is 0.322. The van der Waals surface area contributed by atoms with E-state index in [4.69, 9.17) is 0 Å². The molecule has 1 N–H and O–H groups in total. The highest BCUT2D eigenvalue weighted by molar-refractivity contribution is 5.75. The van der Waals surface area contributed by atoms with Gasteiger partial charge in [0.05, 0.1) is 34.7 Å². The van der Waals surface area contributed by atoms with Gasteiger partial charge in [-0.15, -0.1) is 0 Å². The Bertz CT molecular complexity index is 938. The first-order valence-electron chi connectivity index (χ1n) is 6.79. The molecule has 0 fully saturated rings. The molecule has 2 aromatic heterocycles. The number of pyridine rings is 1. The summed E-state index contributed by atoms with van der Waals surface area (Å²) < 4.78 is 1.12. The summed E-state index contributed by atoms with van der Waals surface area (Å²) in [5.74, 6) is 0.